The Kier molecular flexibility index (Phi) is 0.964. The van der Waals surface area contributed by atoms with Crippen LogP contribution in [0.2, 0.25) is 0 Å². The molecule has 0 aliphatic heterocycles. The van der Waals surface area contributed by atoms with Crippen molar-refractivity contribution in [3.05, 3.63) is 23.3 Å². The van der Waals surface area contributed by atoms with Gasteiger partial charge in [0.1, 0.15) is 0 Å². The van der Waals surface area contributed by atoms with Crippen molar-refractivity contribution in [3.8, 4) is 0 Å². The quantitative estimate of drug-likeness (QED) is 0.478. The first-order valence-corrected chi connectivity index (χ1v) is 4.02. The molecule has 1 atom stereocenters. The number of rotatable bonds is 0. The predicted octanol–water partition coefficient (Wildman–Crippen LogP) is 2.92. The summed E-state index contributed by atoms with van der Waals surface area (Å²) in [5.74, 6) is 0.839. The molecule has 1 unspecified atom stereocenters. The summed E-state index contributed by atoms with van der Waals surface area (Å²) in [5, 5.41) is 0. The minimum absolute atomic E-state index is 0.499. The van der Waals surface area contributed by atoms with Gasteiger partial charge in [-0.2, -0.15) is 0 Å². The van der Waals surface area contributed by atoms with Crippen LogP contribution < -0.4 is 0 Å². The zero-order valence-corrected chi connectivity index (χ0v) is 6.94. The largest absolute Gasteiger partial charge is 0.0807 e. The summed E-state index contributed by atoms with van der Waals surface area (Å²) in [4.78, 5) is 0. The van der Waals surface area contributed by atoms with Crippen LogP contribution in [-0.2, 0) is 0 Å². The van der Waals surface area contributed by atoms with Crippen molar-refractivity contribution in [3.63, 3.8) is 0 Å². The average molecular weight is 134 g/mol. The molecule has 0 heteroatoms. The second-order valence-electron chi connectivity index (χ2n) is 4.03. The summed E-state index contributed by atoms with van der Waals surface area (Å²) in [6.45, 7) is 6.93. The van der Waals surface area contributed by atoms with E-state index >= 15 is 0 Å². The first kappa shape index (κ1) is 6.21. The molecule has 0 aromatic carbocycles. The first-order chi connectivity index (χ1) is 4.62. The molecule has 0 fully saturated rings. The maximum Gasteiger partial charge on any atom is -0.00382 e. The van der Waals surface area contributed by atoms with Crippen molar-refractivity contribution in [1.29, 1.82) is 0 Å². The highest BCUT2D eigenvalue weighted by atomic mass is 14.5. The molecule has 3 aliphatic carbocycles. The number of hydrogen-bond acceptors (Lipinski definition) is 0. The first-order valence-electron chi connectivity index (χ1n) is 4.02. The highest BCUT2D eigenvalue weighted by molar-refractivity contribution is 5.46. The van der Waals surface area contributed by atoms with E-state index in [0.29, 0.717) is 5.41 Å². The molecule has 0 amide bonds. The van der Waals surface area contributed by atoms with Crippen molar-refractivity contribution in [2.75, 3.05) is 0 Å². The monoisotopic (exact) mass is 134 g/mol. The topological polar surface area (TPSA) is 0 Å². The van der Waals surface area contributed by atoms with Gasteiger partial charge >= 0.3 is 0 Å². The summed E-state index contributed by atoms with van der Waals surface area (Å²) >= 11 is 0. The van der Waals surface area contributed by atoms with Crippen LogP contribution >= 0.6 is 0 Å². The lowest BCUT2D eigenvalue weighted by Gasteiger charge is -2.47. The highest BCUT2D eigenvalue weighted by Gasteiger charge is 2.42. The smallest absolute Gasteiger partial charge is 0.00382 e. The normalized spacial score (nSPS) is 34.1. The van der Waals surface area contributed by atoms with Gasteiger partial charge in [-0.05, 0) is 30.3 Å². The molecule has 0 heterocycles. The molecular weight excluding hydrogens is 120 g/mol. The van der Waals surface area contributed by atoms with Crippen molar-refractivity contribution in [2.45, 2.75) is 27.2 Å². The van der Waals surface area contributed by atoms with Crippen molar-refractivity contribution in [2.24, 2.45) is 11.3 Å². The van der Waals surface area contributed by atoms with Gasteiger partial charge in [0.15, 0.2) is 0 Å². The Morgan fingerprint density at radius 2 is 2.20 bits per heavy atom. The minimum atomic E-state index is 0.499. The molecule has 3 rings (SSSR count). The van der Waals surface area contributed by atoms with Crippen molar-refractivity contribution < 1.29 is 0 Å². The lowest BCUT2D eigenvalue weighted by atomic mass is 9.57. The van der Waals surface area contributed by atoms with Gasteiger partial charge in [-0.15, -0.1) is 0 Å². The molecule has 54 valence electrons. The van der Waals surface area contributed by atoms with E-state index in [4.69, 9.17) is 0 Å². The van der Waals surface area contributed by atoms with E-state index in [1.807, 2.05) is 0 Å². The molecule has 0 aromatic rings. The van der Waals surface area contributed by atoms with Crippen LogP contribution in [0.1, 0.15) is 27.2 Å². The molecule has 10 heavy (non-hydrogen) atoms. The van der Waals surface area contributed by atoms with E-state index in [1.54, 1.807) is 5.57 Å². The molecule has 0 saturated heterocycles. The fraction of sp³-hybridized carbons (Fsp3) is 0.600. The van der Waals surface area contributed by atoms with E-state index in [1.165, 1.54) is 12.0 Å². The second-order valence-corrected chi connectivity index (χ2v) is 4.03. The summed E-state index contributed by atoms with van der Waals surface area (Å²) < 4.78 is 0. The third kappa shape index (κ3) is 0.524. The molecule has 0 N–H and O–H groups in total. The molecule has 3 aliphatic rings. The Morgan fingerprint density at radius 3 is 2.50 bits per heavy atom. The third-order valence-corrected chi connectivity index (χ3v) is 3.09. The Morgan fingerprint density at radius 1 is 1.50 bits per heavy atom. The van der Waals surface area contributed by atoms with Crippen molar-refractivity contribution in [1.82, 2.24) is 0 Å². The Hall–Kier alpha value is -0.520. The van der Waals surface area contributed by atoms with Gasteiger partial charge in [0.05, 0.1) is 0 Å². The van der Waals surface area contributed by atoms with Gasteiger partial charge in [-0.25, -0.2) is 0 Å². The standard InChI is InChI=1S/C10H14/c1-7-4-5-8-6-9(7)10(8,2)3/h4,6,8H,5H2,1-3H3. The summed E-state index contributed by atoms with van der Waals surface area (Å²) in [6, 6.07) is 0. The molecule has 0 aromatic heterocycles. The van der Waals surface area contributed by atoms with E-state index < -0.39 is 0 Å². The highest BCUT2D eigenvalue weighted by Crippen LogP contribution is 2.53. The zero-order valence-electron chi connectivity index (χ0n) is 6.94. The third-order valence-electron chi connectivity index (χ3n) is 3.09. The molecule has 2 bridgehead atoms. The second kappa shape index (κ2) is 1.55. The number of fused-ring (bicyclic) bond motifs is 1. The summed E-state index contributed by atoms with van der Waals surface area (Å²) in [6.07, 6.45) is 6.06. The maximum atomic E-state index is 2.43. The fourth-order valence-electron chi connectivity index (χ4n) is 2.14. The molecule has 0 nitrogen and oxygen atoms in total. The van der Waals surface area contributed by atoms with Gasteiger partial charge in [0.25, 0.3) is 0 Å². The predicted molar refractivity (Wildman–Crippen MR) is 43.7 cm³/mol. The Balaban J connectivity index is 2.41. The summed E-state index contributed by atoms with van der Waals surface area (Å²) in [7, 11) is 0. The Labute approximate surface area is 62.6 Å². The van der Waals surface area contributed by atoms with Gasteiger partial charge < -0.3 is 0 Å². The summed E-state index contributed by atoms with van der Waals surface area (Å²) in [5.41, 5.74) is 3.59. The number of hydrogen-bond donors (Lipinski definition) is 0. The zero-order chi connectivity index (χ0) is 7.35. The average Bonchev–Trinajstić information content (AvgIpc) is 1.87. The molecular formula is C10H14. The van der Waals surface area contributed by atoms with Crippen LogP contribution in [0.25, 0.3) is 0 Å². The van der Waals surface area contributed by atoms with Gasteiger partial charge in [-0.3, -0.25) is 0 Å². The van der Waals surface area contributed by atoms with E-state index in [0.717, 1.165) is 5.92 Å². The molecule has 0 saturated carbocycles. The van der Waals surface area contributed by atoms with Crippen molar-refractivity contribution >= 4 is 0 Å². The van der Waals surface area contributed by atoms with Crippen LogP contribution in [0, 0.1) is 11.3 Å². The SMILES string of the molecule is CC1=CCC2C=C1C2(C)C. The van der Waals surface area contributed by atoms with Crippen LogP contribution in [0.15, 0.2) is 23.3 Å². The maximum absolute atomic E-state index is 2.43. The lowest BCUT2D eigenvalue weighted by Crippen LogP contribution is -2.36. The lowest BCUT2D eigenvalue weighted by molar-refractivity contribution is 0.263. The van der Waals surface area contributed by atoms with Gasteiger partial charge in [0, 0.05) is 0 Å². The fourth-order valence-corrected chi connectivity index (χ4v) is 2.14. The van der Waals surface area contributed by atoms with Crippen LogP contribution in [-0.4, -0.2) is 0 Å². The minimum Gasteiger partial charge on any atom is -0.0807 e. The van der Waals surface area contributed by atoms with E-state index in [-0.39, 0.29) is 0 Å². The van der Waals surface area contributed by atoms with Gasteiger partial charge in [0.2, 0.25) is 0 Å². The van der Waals surface area contributed by atoms with E-state index in [9.17, 15) is 0 Å². The molecule has 0 radical (unpaired) electrons. The van der Waals surface area contributed by atoms with Gasteiger partial charge in [-0.1, -0.05) is 31.6 Å². The van der Waals surface area contributed by atoms with Crippen LogP contribution in [0.5, 0.6) is 0 Å². The van der Waals surface area contributed by atoms with Crippen LogP contribution in [0.4, 0.5) is 0 Å². The Bertz CT molecular complexity index is 228. The van der Waals surface area contributed by atoms with Crippen LogP contribution in [0.3, 0.4) is 0 Å². The molecule has 0 spiro atoms. The number of allylic oxidation sites excluding steroid dienone is 4. The van der Waals surface area contributed by atoms with E-state index in [2.05, 4.69) is 32.9 Å².